The average Bonchev–Trinajstić information content (AvgIpc) is 2.73. The second-order valence-corrected chi connectivity index (χ2v) is 9.95. The summed E-state index contributed by atoms with van der Waals surface area (Å²) in [6.45, 7) is 5.98. The molecule has 1 aromatic rings. The first-order valence-electron chi connectivity index (χ1n) is 12.1. The normalized spacial score (nSPS) is 19.5. The maximum absolute atomic E-state index is 13.4. The minimum atomic E-state index is -0.491. The lowest BCUT2D eigenvalue weighted by atomic mass is 9.85. The zero-order valence-electron chi connectivity index (χ0n) is 19.6. The van der Waals surface area contributed by atoms with Crippen LogP contribution in [0.2, 0.25) is 0 Å². The number of carbonyl (C=O) groups excluding carboxylic acids is 2. The molecule has 1 fully saturated rings. The molecule has 6 heteroatoms. The van der Waals surface area contributed by atoms with Crippen LogP contribution < -0.4 is 11.1 Å². The number of carbonyl (C=O) groups is 2. The Morgan fingerprint density at radius 3 is 2.61 bits per heavy atom. The molecular formula is C25H40N4O2. The predicted molar refractivity (Wildman–Crippen MR) is 124 cm³/mol. The van der Waals surface area contributed by atoms with Gasteiger partial charge in [0.25, 0.3) is 0 Å². The number of aryl methyl sites for hydroxylation is 1. The van der Waals surface area contributed by atoms with Crippen molar-refractivity contribution < 1.29 is 9.59 Å². The Hall–Kier alpha value is -1.79. The zero-order chi connectivity index (χ0) is 22.4. The van der Waals surface area contributed by atoms with Crippen molar-refractivity contribution in [2.24, 2.45) is 11.7 Å². The van der Waals surface area contributed by atoms with Gasteiger partial charge in [-0.1, -0.05) is 33.1 Å². The van der Waals surface area contributed by atoms with Crippen molar-refractivity contribution in [2.75, 3.05) is 20.1 Å². The number of Topliss-reactive ketones (excluding diaryl/α,β-unsaturated/α-hetero) is 1. The third-order valence-electron chi connectivity index (χ3n) is 6.75. The number of nitrogens with two attached hydrogens (primary N) is 1. The Kier molecular flexibility index (Phi) is 8.61. The molecule has 6 nitrogen and oxygen atoms in total. The molecule has 3 N–H and O–H groups in total. The number of fused-ring (bicyclic) bond motifs is 1. The van der Waals surface area contributed by atoms with Gasteiger partial charge in [-0.05, 0) is 75.2 Å². The number of nitrogens with one attached hydrogen (secondary N) is 1. The highest BCUT2D eigenvalue weighted by Gasteiger charge is 2.26. The number of ketones is 1. The summed E-state index contributed by atoms with van der Waals surface area (Å²) >= 11 is 0. The molecular weight excluding hydrogens is 388 g/mol. The molecule has 0 saturated heterocycles. The van der Waals surface area contributed by atoms with Crippen LogP contribution in [-0.2, 0) is 17.8 Å². The van der Waals surface area contributed by atoms with Gasteiger partial charge in [-0.3, -0.25) is 14.9 Å². The first-order valence-corrected chi connectivity index (χ1v) is 12.1. The van der Waals surface area contributed by atoms with E-state index in [0.717, 1.165) is 50.0 Å². The molecule has 172 valence electrons. The first kappa shape index (κ1) is 23.9. The number of rotatable bonds is 8. The summed E-state index contributed by atoms with van der Waals surface area (Å²) < 4.78 is 0. The van der Waals surface area contributed by atoms with Crippen molar-refractivity contribution in [3.8, 4) is 0 Å². The van der Waals surface area contributed by atoms with Gasteiger partial charge in [-0.15, -0.1) is 0 Å². The van der Waals surface area contributed by atoms with Crippen LogP contribution in [0, 0.1) is 5.92 Å². The summed E-state index contributed by atoms with van der Waals surface area (Å²) in [7, 11) is 2.11. The van der Waals surface area contributed by atoms with E-state index >= 15 is 0 Å². The molecule has 1 saturated carbocycles. The molecule has 0 radical (unpaired) electrons. The van der Waals surface area contributed by atoms with Crippen LogP contribution in [0.25, 0.3) is 0 Å². The number of aromatic nitrogens is 1. The van der Waals surface area contributed by atoms with Gasteiger partial charge in [0.15, 0.2) is 5.78 Å². The Balaban J connectivity index is 1.89. The van der Waals surface area contributed by atoms with Crippen LogP contribution in [0.15, 0.2) is 6.07 Å². The highest BCUT2D eigenvalue weighted by Crippen LogP contribution is 2.34. The SMILES string of the molecule is CC(C)CC(NCC(=O)c1nc(C2CCCCC2)cc2c1CN(C)CCCC2)C(N)=O. The molecule has 0 spiro atoms. The van der Waals surface area contributed by atoms with E-state index in [0.29, 0.717) is 24.0 Å². The van der Waals surface area contributed by atoms with Gasteiger partial charge in [0.05, 0.1) is 12.6 Å². The van der Waals surface area contributed by atoms with Gasteiger partial charge in [0.1, 0.15) is 5.69 Å². The monoisotopic (exact) mass is 428 g/mol. The number of hydrogen-bond donors (Lipinski definition) is 2. The standard InChI is InChI=1S/C25H40N4O2/c1-17(2)13-22(25(26)31)27-15-23(30)24-20-16-29(3)12-8-7-11-19(20)14-21(28-24)18-9-5-4-6-10-18/h14,17-18,22,27H,4-13,15-16H2,1-3H3,(H2,26,31). The second-order valence-electron chi connectivity index (χ2n) is 9.95. The minimum absolute atomic E-state index is 0.0297. The lowest BCUT2D eigenvalue weighted by Crippen LogP contribution is -2.44. The van der Waals surface area contributed by atoms with Crippen molar-refractivity contribution in [3.63, 3.8) is 0 Å². The number of hydrogen-bond acceptors (Lipinski definition) is 5. The minimum Gasteiger partial charge on any atom is -0.368 e. The molecule has 31 heavy (non-hydrogen) atoms. The summed E-state index contributed by atoms with van der Waals surface area (Å²) in [5.74, 6) is 0.348. The van der Waals surface area contributed by atoms with Gasteiger partial charge >= 0.3 is 0 Å². The molecule has 1 unspecified atom stereocenters. The highest BCUT2D eigenvalue weighted by atomic mass is 16.1. The molecule has 1 aromatic heterocycles. The van der Waals surface area contributed by atoms with Crippen molar-refractivity contribution in [1.29, 1.82) is 0 Å². The summed E-state index contributed by atoms with van der Waals surface area (Å²) in [6.07, 6.45) is 10.1. The highest BCUT2D eigenvalue weighted by molar-refractivity contribution is 5.98. The van der Waals surface area contributed by atoms with E-state index in [2.05, 4.69) is 23.3 Å². The number of nitrogens with zero attached hydrogens (tertiary/aromatic N) is 2. The van der Waals surface area contributed by atoms with Crippen molar-refractivity contribution in [3.05, 3.63) is 28.6 Å². The first-order chi connectivity index (χ1) is 14.8. The fourth-order valence-corrected chi connectivity index (χ4v) is 5.00. The third kappa shape index (κ3) is 6.59. The lowest BCUT2D eigenvalue weighted by molar-refractivity contribution is -0.120. The van der Waals surface area contributed by atoms with E-state index < -0.39 is 11.9 Å². The van der Waals surface area contributed by atoms with Crippen LogP contribution in [0.3, 0.4) is 0 Å². The zero-order valence-corrected chi connectivity index (χ0v) is 19.6. The summed E-state index contributed by atoms with van der Waals surface area (Å²) in [4.78, 5) is 32.5. The fourth-order valence-electron chi connectivity index (χ4n) is 5.00. The molecule has 0 bridgehead atoms. The molecule has 2 heterocycles. The van der Waals surface area contributed by atoms with E-state index in [1.54, 1.807) is 0 Å². The Bertz CT molecular complexity index is 771. The van der Waals surface area contributed by atoms with Crippen LogP contribution in [0.5, 0.6) is 0 Å². The maximum atomic E-state index is 13.4. The summed E-state index contributed by atoms with van der Waals surface area (Å²) in [5, 5.41) is 3.12. The molecule has 3 rings (SSSR count). The van der Waals surface area contributed by atoms with Crippen LogP contribution in [0.4, 0.5) is 0 Å². The third-order valence-corrected chi connectivity index (χ3v) is 6.75. The Morgan fingerprint density at radius 1 is 1.19 bits per heavy atom. The van der Waals surface area contributed by atoms with Crippen LogP contribution in [0.1, 0.15) is 98.4 Å². The smallest absolute Gasteiger partial charge is 0.234 e. The van der Waals surface area contributed by atoms with Gasteiger partial charge in [-0.2, -0.15) is 0 Å². The van der Waals surface area contributed by atoms with Crippen LogP contribution in [-0.4, -0.2) is 47.8 Å². The molecule has 2 aliphatic rings. The van der Waals surface area contributed by atoms with Crippen molar-refractivity contribution in [1.82, 2.24) is 15.2 Å². The maximum Gasteiger partial charge on any atom is 0.234 e. The largest absolute Gasteiger partial charge is 0.368 e. The fraction of sp³-hybridized carbons (Fsp3) is 0.720. The van der Waals surface area contributed by atoms with Crippen molar-refractivity contribution in [2.45, 2.75) is 90.1 Å². The number of amides is 1. The lowest BCUT2D eigenvalue weighted by Gasteiger charge is -2.27. The quantitative estimate of drug-likeness (QED) is 0.618. The predicted octanol–water partition coefficient (Wildman–Crippen LogP) is 3.57. The van der Waals surface area contributed by atoms with Gasteiger partial charge in [0, 0.05) is 18.2 Å². The topological polar surface area (TPSA) is 88.3 Å². The second kappa shape index (κ2) is 11.2. The van der Waals surface area contributed by atoms with E-state index in [-0.39, 0.29) is 12.3 Å². The number of pyridine rings is 1. The van der Waals surface area contributed by atoms with Gasteiger partial charge in [-0.25, -0.2) is 4.98 Å². The van der Waals surface area contributed by atoms with E-state index in [1.807, 2.05) is 13.8 Å². The molecule has 1 amide bonds. The molecule has 1 aliphatic heterocycles. The molecule has 0 aromatic carbocycles. The Morgan fingerprint density at radius 2 is 1.94 bits per heavy atom. The van der Waals surface area contributed by atoms with Gasteiger partial charge < -0.3 is 10.6 Å². The summed E-state index contributed by atoms with van der Waals surface area (Å²) in [5.41, 5.74) is 9.63. The van der Waals surface area contributed by atoms with Crippen LogP contribution >= 0.6 is 0 Å². The summed E-state index contributed by atoms with van der Waals surface area (Å²) in [6, 6.07) is 1.80. The Labute approximate surface area is 187 Å². The van der Waals surface area contributed by atoms with E-state index in [9.17, 15) is 9.59 Å². The molecule has 1 atom stereocenters. The van der Waals surface area contributed by atoms with Crippen molar-refractivity contribution >= 4 is 11.7 Å². The number of primary amides is 1. The van der Waals surface area contributed by atoms with E-state index in [4.69, 9.17) is 10.7 Å². The average molecular weight is 429 g/mol. The van der Waals surface area contributed by atoms with Gasteiger partial charge in [0.2, 0.25) is 5.91 Å². The molecule has 1 aliphatic carbocycles. The van der Waals surface area contributed by atoms with E-state index in [1.165, 1.54) is 31.2 Å².